The standard InChI is InChI=1S/C17H16BrClO4/c1-3-22-15-9-12(17(20)21-2)8-14(18)16(15)23-10-11-4-6-13(19)7-5-11/h4-9H,3,10H2,1-2H3. The van der Waals surface area contributed by atoms with E-state index in [1.807, 2.05) is 19.1 Å². The zero-order chi connectivity index (χ0) is 16.8. The van der Waals surface area contributed by atoms with Crippen molar-refractivity contribution < 1.29 is 19.0 Å². The molecule has 2 rings (SSSR count). The van der Waals surface area contributed by atoms with Gasteiger partial charge in [0.25, 0.3) is 0 Å². The molecular formula is C17H16BrClO4. The van der Waals surface area contributed by atoms with Crippen LogP contribution in [0.5, 0.6) is 11.5 Å². The van der Waals surface area contributed by atoms with E-state index >= 15 is 0 Å². The average molecular weight is 400 g/mol. The van der Waals surface area contributed by atoms with E-state index in [1.54, 1.807) is 24.3 Å². The van der Waals surface area contributed by atoms with Gasteiger partial charge in [0.05, 0.1) is 23.8 Å². The maximum Gasteiger partial charge on any atom is 0.338 e. The molecule has 0 fully saturated rings. The Morgan fingerprint density at radius 1 is 1.17 bits per heavy atom. The Hall–Kier alpha value is -1.72. The Labute approximate surface area is 148 Å². The van der Waals surface area contributed by atoms with E-state index in [0.29, 0.717) is 39.8 Å². The molecular weight excluding hydrogens is 384 g/mol. The van der Waals surface area contributed by atoms with E-state index < -0.39 is 5.97 Å². The van der Waals surface area contributed by atoms with E-state index in [-0.39, 0.29) is 0 Å². The highest BCUT2D eigenvalue weighted by molar-refractivity contribution is 9.10. The van der Waals surface area contributed by atoms with Crippen molar-refractivity contribution in [2.24, 2.45) is 0 Å². The van der Waals surface area contributed by atoms with Gasteiger partial charge in [0.1, 0.15) is 6.61 Å². The van der Waals surface area contributed by atoms with E-state index in [4.69, 9.17) is 25.8 Å². The largest absolute Gasteiger partial charge is 0.490 e. The van der Waals surface area contributed by atoms with Crippen LogP contribution in [0.3, 0.4) is 0 Å². The first-order chi connectivity index (χ1) is 11.0. The fraction of sp³-hybridized carbons (Fsp3) is 0.235. The smallest absolute Gasteiger partial charge is 0.338 e. The zero-order valence-corrected chi connectivity index (χ0v) is 15.1. The molecule has 0 amide bonds. The molecule has 0 spiro atoms. The van der Waals surface area contributed by atoms with Crippen LogP contribution in [0.4, 0.5) is 0 Å². The van der Waals surface area contributed by atoms with Crippen molar-refractivity contribution in [2.75, 3.05) is 13.7 Å². The van der Waals surface area contributed by atoms with Gasteiger partial charge in [-0.3, -0.25) is 0 Å². The molecule has 0 atom stereocenters. The van der Waals surface area contributed by atoms with Crippen LogP contribution in [0, 0.1) is 0 Å². The van der Waals surface area contributed by atoms with E-state index in [0.717, 1.165) is 5.56 Å². The van der Waals surface area contributed by atoms with Crippen molar-refractivity contribution in [3.8, 4) is 11.5 Å². The molecule has 0 unspecified atom stereocenters. The third-order valence-corrected chi connectivity index (χ3v) is 3.87. The summed E-state index contributed by atoms with van der Waals surface area (Å²) in [6.45, 7) is 2.67. The summed E-state index contributed by atoms with van der Waals surface area (Å²) in [7, 11) is 1.33. The number of esters is 1. The van der Waals surface area contributed by atoms with Crippen LogP contribution in [0.15, 0.2) is 40.9 Å². The molecule has 0 aliphatic rings. The molecule has 0 aliphatic heterocycles. The number of carbonyl (C=O) groups excluding carboxylic acids is 1. The number of benzene rings is 2. The van der Waals surface area contributed by atoms with E-state index in [2.05, 4.69) is 15.9 Å². The number of halogens is 2. The van der Waals surface area contributed by atoms with Crippen molar-refractivity contribution in [3.63, 3.8) is 0 Å². The van der Waals surface area contributed by atoms with Crippen LogP contribution >= 0.6 is 27.5 Å². The molecule has 0 aliphatic carbocycles. The minimum absolute atomic E-state index is 0.355. The minimum atomic E-state index is -0.434. The zero-order valence-electron chi connectivity index (χ0n) is 12.8. The Bertz CT molecular complexity index is 686. The van der Waals surface area contributed by atoms with E-state index in [1.165, 1.54) is 7.11 Å². The fourth-order valence-electron chi connectivity index (χ4n) is 1.94. The van der Waals surface area contributed by atoms with Gasteiger partial charge in [0.15, 0.2) is 11.5 Å². The van der Waals surface area contributed by atoms with Crippen LogP contribution in [0.2, 0.25) is 5.02 Å². The summed E-state index contributed by atoms with van der Waals surface area (Å²) in [5.74, 6) is 0.585. The molecule has 0 N–H and O–H groups in total. The Kier molecular flexibility index (Phi) is 6.30. The molecule has 0 radical (unpaired) electrons. The highest BCUT2D eigenvalue weighted by Gasteiger charge is 2.16. The summed E-state index contributed by atoms with van der Waals surface area (Å²) < 4.78 is 16.8. The SMILES string of the molecule is CCOc1cc(C(=O)OC)cc(Br)c1OCc1ccc(Cl)cc1. The third-order valence-electron chi connectivity index (χ3n) is 3.03. The number of ether oxygens (including phenoxy) is 3. The summed E-state index contributed by atoms with van der Waals surface area (Å²) in [6.07, 6.45) is 0. The topological polar surface area (TPSA) is 44.8 Å². The molecule has 6 heteroatoms. The van der Waals surface area contributed by atoms with Crippen molar-refractivity contribution in [3.05, 3.63) is 57.0 Å². The maximum atomic E-state index is 11.7. The van der Waals surface area contributed by atoms with Crippen molar-refractivity contribution >= 4 is 33.5 Å². The lowest BCUT2D eigenvalue weighted by Crippen LogP contribution is -2.05. The molecule has 0 saturated carbocycles. The number of hydrogen-bond donors (Lipinski definition) is 0. The predicted octanol–water partition coefficient (Wildman–Crippen LogP) is 4.87. The van der Waals surface area contributed by atoms with Gasteiger partial charge in [-0.05, 0) is 52.7 Å². The van der Waals surface area contributed by atoms with Crippen LogP contribution in [0.1, 0.15) is 22.8 Å². The molecule has 0 heterocycles. The predicted molar refractivity (Wildman–Crippen MR) is 92.4 cm³/mol. The van der Waals surface area contributed by atoms with Gasteiger partial charge in [-0.1, -0.05) is 23.7 Å². The first-order valence-corrected chi connectivity index (χ1v) is 8.14. The van der Waals surface area contributed by atoms with E-state index in [9.17, 15) is 4.79 Å². The highest BCUT2D eigenvalue weighted by atomic mass is 79.9. The Balaban J connectivity index is 2.25. The lowest BCUT2D eigenvalue weighted by molar-refractivity contribution is 0.0600. The molecule has 122 valence electrons. The average Bonchev–Trinajstić information content (AvgIpc) is 2.55. The maximum absolute atomic E-state index is 11.7. The van der Waals surface area contributed by atoms with Gasteiger partial charge in [-0.25, -0.2) is 4.79 Å². The van der Waals surface area contributed by atoms with Gasteiger partial charge in [-0.15, -0.1) is 0 Å². The first kappa shape index (κ1) is 17.6. The lowest BCUT2D eigenvalue weighted by atomic mass is 10.2. The second kappa shape index (κ2) is 8.22. The normalized spacial score (nSPS) is 10.3. The van der Waals surface area contributed by atoms with Crippen LogP contribution in [-0.2, 0) is 11.3 Å². The second-order valence-electron chi connectivity index (χ2n) is 4.63. The van der Waals surface area contributed by atoms with Gasteiger partial charge in [0, 0.05) is 5.02 Å². The van der Waals surface area contributed by atoms with Crippen LogP contribution in [0.25, 0.3) is 0 Å². The Morgan fingerprint density at radius 2 is 1.87 bits per heavy atom. The number of carbonyl (C=O) groups is 1. The second-order valence-corrected chi connectivity index (χ2v) is 5.92. The highest BCUT2D eigenvalue weighted by Crippen LogP contribution is 2.37. The molecule has 23 heavy (non-hydrogen) atoms. The number of methoxy groups -OCH3 is 1. The van der Waals surface area contributed by atoms with Gasteiger partial charge < -0.3 is 14.2 Å². The molecule has 4 nitrogen and oxygen atoms in total. The van der Waals surface area contributed by atoms with Gasteiger partial charge in [-0.2, -0.15) is 0 Å². The van der Waals surface area contributed by atoms with Crippen LogP contribution in [-0.4, -0.2) is 19.7 Å². The first-order valence-electron chi connectivity index (χ1n) is 6.97. The lowest BCUT2D eigenvalue weighted by Gasteiger charge is -2.15. The van der Waals surface area contributed by atoms with Crippen LogP contribution < -0.4 is 9.47 Å². The summed E-state index contributed by atoms with van der Waals surface area (Å²) in [4.78, 5) is 11.7. The third kappa shape index (κ3) is 4.62. The summed E-state index contributed by atoms with van der Waals surface area (Å²) in [5.41, 5.74) is 1.36. The monoisotopic (exact) mass is 398 g/mol. The molecule has 0 saturated heterocycles. The number of rotatable bonds is 6. The summed E-state index contributed by atoms with van der Waals surface area (Å²) in [5, 5.41) is 0.673. The number of hydrogen-bond acceptors (Lipinski definition) is 4. The quantitative estimate of drug-likeness (QED) is 0.650. The molecule has 0 bridgehead atoms. The summed E-state index contributed by atoms with van der Waals surface area (Å²) in [6, 6.07) is 10.6. The van der Waals surface area contributed by atoms with Gasteiger partial charge >= 0.3 is 5.97 Å². The summed E-state index contributed by atoms with van der Waals surface area (Å²) >= 11 is 9.29. The fourth-order valence-corrected chi connectivity index (χ4v) is 2.63. The Morgan fingerprint density at radius 3 is 2.48 bits per heavy atom. The molecule has 0 aromatic heterocycles. The molecule has 2 aromatic rings. The van der Waals surface area contributed by atoms with Crippen molar-refractivity contribution in [1.29, 1.82) is 0 Å². The molecule has 2 aromatic carbocycles. The van der Waals surface area contributed by atoms with Crippen molar-refractivity contribution in [2.45, 2.75) is 13.5 Å². The van der Waals surface area contributed by atoms with Gasteiger partial charge in [0.2, 0.25) is 0 Å². The minimum Gasteiger partial charge on any atom is -0.490 e. The van der Waals surface area contributed by atoms with Crippen molar-refractivity contribution in [1.82, 2.24) is 0 Å².